The molecule has 1 fully saturated rings. The summed E-state index contributed by atoms with van der Waals surface area (Å²) in [4.78, 5) is 15.5. The molecule has 0 spiro atoms. The van der Waals surface area contributed by atoms with Crippen molar-refractivity contribution in [1.29, 1.82) is 0 Å². The first-order chi connectivity index (χ1) is 8.66. The number of fused-ring (bicyclic) bond motifs is 1. The molecular formula is C11H15N5OS. The normalized spacial score (nSPS) is 23.6. The second-order valence-corrected chi connectivity index (χ2v) is 6.47. The number of anilines is 1. The molecule has 0 saturated carbocycles. The molecule has 0 aromatic carbocycles. The number of nitrogens with one attached hydrogen (secondary N) is 2. The molecule has 1 saturated heterocycles. The number of hydrogen-bond donors (Lipinski definition) is 2. The molecule has 1 aliphatic heterocycles. The highest BCUT2D eigenvalue weighted by Gasteiger charge is 2.29. The minimum Gasteiger partial charge on any atom is -0.369 e. The largest absolute Gasteiger partial charge is 0.369 e. The molecule has 18 heavy (non-hydrogen) atoms. The molecule has 3 rings (SSSR count). The molecule has 2 aromatic heterocycles. The molecule has 1 atom stereocenters. The highest BCUT2D eigenvalue weighted by atomic mass is 32.2. The third-order valence-corrected chi connectivity index (χ3v) is 4.79. The fourth-order valence-electron chi connectivity index (χ4n) is 2.16. The van der Waals surface area contributed by atoms with Gasteiger partial charge in [0.05, 0.1) is 0 Å². The lowest BCUT2D eigenvalue weighted by Gasteiger charge is -2.23. The zero-order valence-electron chi connectivity index (χ0n) is 10.1. The van der Waals surface area contributed by atoms with E-state index in [1.807, 2.05) is 11.8 Å². The molecule has 3 heterocycles. The third-order valence-electron chi connectivity index (χ3n) is 3.25. The van der Waals surface area contributed by atoms with Crippen molar-refractivity contribution in [2.45, 2.75) is 24.5 Å². The van der Waals surface area contributed by atoms with E-state index >= 15 is 0 Å². The second-order valence-electron chi connectivity index (χ2n) is 4.79. The fraction of sp³-hybridized carbons (Fsp3) is 0.545. The van der Waals surface area contributed by atoms with Crippen LogP contribution in [0, 0.1) is 0 Å². The van der Waals surface area contributed by atoms with E-state index in [0.29, 0.717) is 10.4 Å². The number of rotatable bonds is 3. The molecule has 6 nitrogen and oxygen atoms in total. The van der Waals surface area contributed by atoms with E-state index in [1.165, 1.54) is 29.3 Å². The molecule has 0 bridgehead atoms. The molecular weight excluding hydrogens is 250 g/mol. The Kier molecular flexibility index (Phi) is 2.77. The van der Waals surface area contributed by atoms with Gasteiger partial charge in [0.2, 0.25) is 0 Å². The van der Waals surface area contributed by atoms with Gasteiger partial charge in [0, 0.05) is 17.4 Å². The van der Waals surface area contributed by atoms with Crippen molar-refractivity contribution >= 4 is 23.2 Å². The summed E-state index contributed by atoms with van der Waals surface area (Å²) in [5.74, 6) is 1.99. The standard InChI is InChI=1S/C11H15N5OS/c1-11(3-2-4-18-11)6-12-8-5-9-14-15-10(17)16(9)7-13-8/h5,7,12H,2-4,6H2,1H3,(H,15,17). The number of aromatic nitrogens is 4. The van der Waals surface area contributed by atoms with Crippen LogP contribution in [0.15, 0.2) is 17.2 Å². The van der Waals surface area contributed by atoms with E-state index in [-0.39, 0.29) is 5.69 Å². The van der Waals surface area contributed by atoms with Crippen molar-refractivity contribution in [2.24, 2.45) is 0 Å². The van der Waals surface area contributed by atoms with Crippen molar-refractivity contribution in [3.8, 4) is 0 Å². The van der Waals surface area contributed by atoms with Crippen LogP contribution in [-0.2, 0) is 0 Å². The maximum absolute atomic E-state index is 11.3. The minimum atomic E-state index is -0.262. The predicted octanol–water partition coefficient (Wildman–Crippen LogP) is 1.12. The van der Waals surface area contributed by atoms with Crippen LogP contribution in [0.4, 0.5) is 5.82 Å². The Morgan fingerprint density at radius 1 is 1.67 bits per heavy atom. The Hall–Kier alpha value is -1.50. The number of thioether (sulfide) groups is 1. The van der Waals surface area contributed by atoms with Gasteiger partial charge in [-0.15, -0.1) is 0 Å². The first-order valence-corrected chi connectivity index (χ1v) is 6.95. The molecule has 7 heteroatoms. The van der Waals surface area contributed by atoms with Gasteiger partial charge < -0.3 is 5.32 Å². The highest BCUT2D eigenvalue weighted by molar-refractivity contribution is 8.00. The van der Waals surface area contributed by atoms with E-state index in [0.717, 1.165) is 12.4 Å². The lowest BCUT2D eigenvalue weighted by molar-refractivity contribution is 0.633. The topological polar surface area (TPSA) is 75.1 Å². The lowest BCUT2D eigenvalue weighted by atomic mass is 10.1. The Balaban J connectivity index is 1.76. The average Bonchev–Trinajstić information content (AvgIpc) is 2.95. The summed E-state index contributed by atoms with van der Waals surface area (Å²) in [6.07, 6.45) is 4.01. The first kappa shape index (κ1) is 11.6. The number of aromatic amines is 1. The number of hydrogen-bond acceptors (Lipinski definition) is 5. The summed E-state index contributed by atoms with van der Waals surface area (Å²) in [7, 11) is 0. The van der Waals surface area contributed by atoms with Crippen LogP contribution in [0.25, 0.3) is 5.65 Å². The van der Waals surface area contributed by atoms with E-state index < -0.39 is 0 Å². The molecule has 1 unspecified atom stereocenters. The van der Waals surface area contributed by atoms with Crippen LogP contribution in [0.5, 0.6) is 0 Å². The lowest BCUT2D eigenvalue weighted by Crippen LogP contribution is -2.27. The van der Waals surface area contributed by atoms with Crippen molar-refractivity contribution in [3.63, 3.8) is 0 Å². The first-order valence-electron chi connectivity index (χ1n) is 5.97. The van der Waals surface area contributed by atoms with E-state index in [1.54, 1.807) is 6.07 Å². The van der Waals surface area contributed by atoms with Gasteiger partial charge in [-0.05, 0) is 25.5 Å². The van der Waals surface area contributed by atoms with Crippen molar-refractivity contribution in [2.75, 3.05) is 17.6 Å². The van der Waals surface area contributed by atoms with Crippen LogP contribution in [-0.4, -0.2) is 36.6 Å². The van der Waals surface area contributed by atoms with E-state index in [4.69, 9.17) is 0 Å². The SMILES string of the molecule is CC1(CNc2cc3n[nH]c(=O)n3cn2)CCCS1. The molecule has 96 valence electrons. The van der Waals surface area contributed by atoms with Crippen LogP contribution < -0.4 is 11.0 Å². The minimum absolute atomic E-state index is 0.262. The molecule has 2 aromatic rings. The van der Waals surface area contributed by atoms with Gasteiger partial charge in [0.1, 0.15) is 12.1 Å². The molecule has 0 aliphatic carbocycles. The summed E-state index contributed by atoms with van der Waals surface area (Å²) >= 11 is 2.00. The third kappa shape index (κ3) is 2.10. The smallest absolute Gasteiger partial charge is 0.348 e. The maximum atomic E-state index is 11.3. The zero-order chi connectivity index (χ0) is 12.6. The summed E-state index contributed by atoms with van der Waals surface area (Å²) < 4.78 is 1.68. The molecule has 1 aliphatic rings. The fourth-order valence-corrected chi connectivity index (χ4v) is 3.40. The van der Waals surface area contributed by atoms with Gasteiger partial charge in [-0.25, -0.2) is 19.3 Å². The average molecular weight is 265 g/mol. The van der Waals surface area contributed by atoms with Gasteiger partial charge in [-0.2, -0.15) is 16.9 Å². The summed E-state index contributed by atoms with van der Waals surface area (Å²) in [5.41, 5.74) is 0.323. The van der Waals surface area contributed by atoms with E-state index in [9.17, 15) is 4.79 Å². The quantitative estimate of drug-likeness (QED) is 0.869. The van der Waals surface area contributed by atoms with Gasteiger partial charge in [-0.3, -0.25) is 0 Å². The molecule has 0 amide bonds. The summed E-state index contributed by atoms with van der Waals surface area (Å²) in [5, 5.41) is 9.64. The van der Waals surface area contributed by atoms with Gasteiger partial charge >= 0.3 is 5.69 Å². The van der Waals surface area contributed by atoms with Gasteiger partial charge in [-0.1, -0.05) is 0 Å². The van der Waals surface area contributed by atoms with E-state index in [2.05, 4.69) is 27.4 Å². The van der Waals surface area contributed by atoms with Crippen molar-refractivity contribution < 1.29 is 0 Å². The molecule has 2 N–H and O–H groups in total. The monoisotopic (exact) mass is 265 g/mol. The summed E-state index contributed by atoms with van der Waals surface area (Å²) in [6.45, 7) is 3.16. The highest BCUT2D eigenvalue weighted by Crippen LogP contribution is 2.37. The van der Waals surface area contributed by atoms with Crippen LogP contribution in [0.3, 0.4) is 0 Å². The second kappa shape index (κ2) is 4.31. The Labute approximate surface area is 108 Å². The Bertz CT molecular complexity index is 613. The zero-order valence-corrected chi connectivity index (χ0v) is 11.0. The predicted molar refractivity (Wildman–Crippen MR) is 72.2 cm³/mol. The maximum Gasteiger partial charge on any atom is 0.348 e. The van der Waals surface area contributed by atoms with Gasteiger partial charge in [0.15, 0.2) is 5.65 Å². The van der Waals surface area contributed by atoms with Crippen LogP contribution in [0.2, 0.25) is 0 Å². The summed E-state index contributed by atoms with van der Waals surface area (Å²) in [6, 6.07) is 1.78. The number of H-pyrrole nitrogens is 1. The number of nitrogens with zero attached hydrogens (tertiary/aromatic N) is 3. The Morgan fingerprint density at radius 3 is 3.33 bits per heavy atom. The van der Waals surface area contributed by atoms with Crippen molar-refractivity contribution in [3.05, 3.63) is 22.9 Å². The Morgan fingerprint density at radius 2 is 2.56 bits per heavy atom. The van der Waals surface area contributed by atoms with Gasteiger partial charge in [0.25, 0.3) is 0 Å². The van der Waals surface area contributed by atoms with Crippen LogP contribution >= 0.6 is 11.8 Å². The van der Waals surface area contributed by atoms with Crippen LogP contribution in [0.1, 0.15) is 19.8 Å². The molecule has 0 radical (unpaired) electrons. The van der Waals surface area contributed by atoms with Crippen molar-refractivity contribution in [1.82, 2.24) is 19.6 Å².